The van der Waals surface area contributed by atoms with Crippen LogP contribution in [0, 0.1) is 5.82 Å². The molecule has 1 saturated heterocycles. The second kappa shape index (κ2) is 7.74. The van der Waals surface area contributed by atoms with Crippen LogP contribution in [0.1, 0.15) is 23.2 Å². The topological polar surface area (TPSA) is 41.6 Å². The fraction of sp³-hybridized carbons (Fsp3) is 0.316. The third-order valence-electron chi connectivity index (χ3n) is 4.33. The van der Waals surface area contributed by atoms with Crippen molar-refractivity contribution >= 4 is 23.2 Å². The molecule has 0 aromatic heterocycles. The quantitative estimate of drug-likeness (QED) is 0.886. The Morgan fingerprint density at radius 1 is 1.28 bits per heavy atom. The number of methoxy groups -OCH3 is 1. The smallest absolute Gasteiger partial charge is 0.256 e. The largest absolute Gasteiger partial charge is 0.497 e. The normalized spacial score (nSPS) is 17.2. The molecule has 0 bridgehead atoms. The van der Waals surface area contributed by atoms with E-state index in [1.807, 2.05) is 24.3 Å². The van der Waals surface area contributed by atoms with Crippen LogP contribution in [0.4, 0.5) is 10.1 Å². The summed E-state index contributed by atoms with van der Waals surface area (Å²) in [6, 6.07) is 11.9. The molecule has 1 amide bonds. The molecular weight excluding hydrogens is 343 g/mol. The van der Waals surface area contributed by atoms with Crippen molar-refractivity contribution in [1.29, 1.82) is 0 Å². The highest BCUT2D eigenvalue weighted by molar-refractivity contribution is 6.30. The van der Waals surface area contributed by atoms with Crippen LogP contribution in [0.2, 0.25) is 5.02 Å². The lowest BCUT2D eigenvalue weighted by molar-refractivity contribution is 0.0710. The van der Waals surface area contributed by atoms with E-state index in [-0.39, 0.29) is 22.5 Å². The van der Waals surface area contributed by atoms with Gasteiger partial charge in [-0.3, -0.25) is 4.79 Å². The number of ether oxygens (including phenoxy) is 1. The van der Waals surface area contributed by atoms with Gasteiger partial charge in [-0.05, 0) is 55.3 Å². The van der Waals surface area contributed by atoms with Crippen molar-refractivity contribution in [2.24, 2.45) is 0 Å². The van der Waals surface area contributed by atoms with E-state index < -0.39 is 5.82 Å². The van der Waals surface area contributed by atoms with E-state index in [1.165, 1.54) is 18.2 Å². The number of rotatable bonds is 4. The van der Waals surface area contributed by atoms with Gasteiger partial charge in [0.1, 0.15) is 11.6 Å². The number of carbonyl (C=O) groups is 1. The number of carbonyl (C=O) groups excluding carboxylic acids is 1. The van der Waals surface area contributed by atoms with Crippen molar-refractivity contribution < 1.29 is 13.9 Å². The van der Waals surface area contributed by atoms with Crippen LogP contribution in [0.15, 0.2) is 42.5 Å². The summed E-state index contributed by atoms with van der Waals surface area (Å²) < 4.78 is 19.2. The van der Waals surface area contributed by atoms with E-state index in [0.717, 1.165) is 24.3 Å². The zero-order valence-corrected chi connectivity index (χ0v) is 14.7. The van der Waals surface area contributed by atoms with Crippen molar-refractivity contribution in [3.8, 4) is 5.75 Å². The first-order valence-electron chi connectivity index (χ1n) is 8.22. The third kappa shape index (κ3) is 4.23. The van der Waals surface area contributed by atoms with Gasteiger partial charge in [0, 0.05) is 29.8 Å². The monoisotopic (exact) mass is 362 g/mol. The number of hydrogen-bond donors (Lipinski definition) is 1. The van der Waals surface area contributed by atoms with Crippen LogP contribution in [-0.4, -0.2) is 37.0 Å². The molecule has 2 aromatic carbocycles. The molecule has 0 unspecified atom stereocenters. The van der Waals surface area contributed by atoms with Crippen LogP contribution in [-0.2, 0) is 0 Å². The minimum Gasteiger partial charge on any atom is -0.497 e. The van der Waals surface area contributed by atoms with Gasteiger partial charge in [-0.25, -0.2) is 4.39 Å². The van der Waals surface area contributed by atoms with Gasteiger partial charge in [0.15, 0.2) is 0 Å². The highest BCUT2D eigenvalue weighted by Crippen LogP contribution is 2.22. The van der Waals surface area contributed by atoms with E-state index in [0.29, 0.717) is 13.1 Å². The summed E-state index contributed by atoms with van der Waals surface area (Å²) in [6.07, 6.45) is 1.83. The van der Waals surface area contributed by atoms with Crippen LogP contribution in [0.5, 0.6) is 5.75 Å². The fourth-order valence-corrected chi connectivity index (χ4v) is 3.19. The second-order valence-electron chi connectivity index (χ2n) is 6.09. The maximum absolute atomic E-state index is 14.0. The van der Waals surface area contributed by atoms with Crippen molar-refractivity contribution in [3.05, 3.63) is 58.9 Å². The van der Waals surface area contributed by atoms with E-state index >= 15 is 0 Å². The van der Waals surface area contributed by atoms with Crippen LogP contribution >= 0.6 is 11.6 Å². The lowest BCUT2D eigenvalue weighted by Gasteiger charge is -2.34. The van der Waals surface area contributed by atoms with Gasteiger partial charge in [-0.1, -0.05) is 11.6 Å². The molecule has 1 heterocycles. The Kier molecular flexibility index (Phi) is 5.43. The Labute approximate surface area is 151 Å². The van der Waals surface area contributed by atoms with Crippen LogP contribution in [0.25, 0.3) is 0 Å². The van der Waals surface area contributed by atoms with E-state index in [1.54, 1.807) is 12.0 Å². The number of halogens is 2. The molecule has 0 saturated carbocycles. The van der Waals surface area contributed by atoms with Gasteiger partial charge in [-0.2, -0.15) is 0 Å². The van der Waals surface area contributed by atoms with Gasteiger partial charge in [0.05, 0.1) is 12.7 Å². The number of anilines is 1. The highest BCUT2D eigenvalue weighted by atomic mass is 35.5. The molecule has 0 aliphatic carbocycles. The Hall–Kier alpha value is -2.27. The Balaban J connectivity index is 1.66. The summed E-state index contributed by atoms with van der Waals surface area (Å²) in [5, 5.41) is 3.71. The maximum Gasteiger partial charge on any atom is 0.256 e. The molecule has 3 rings (SSSR count). The third-order valence-corrected chi connectivity index (χ3v) is 4.57. The molecule has 1 atom stereocenters. The van der Waals surface area contributed by atoms with Gasteiger partial charge < -0.3 is 15.0 Å². The predicted octanol–water partition coefficient (Wildman–Crippen LogP) is 4.20. The molecule has 2 aromatic rings. The molecule has 4 nitrogen and oxygen atoms in total. The minimum absolute atomic E-state index is 0.0643. The number of benzene rings is 2. The first-order valence-corrected chi connectivity index (χ1v) is 8.59. The van der Waals surface area contributed by atoms with Gasteiger partial charge in [0.25, 0.3) is 5.91 Å². The number of nitrogens with one attached hydrogen (secondary N) is 1. The van der Waals surface area contributed by atoms with Crippen molar-refractivity contribution in [1.82, 2.24) is 4.90 Å². The molecule has 1 N–H and O–H groups in total. The van der Waals surface area contributed by atoms with Crippen LogP contribution < -0.4 is 10.1 Å². The molecule has 0 spiro atoms. The second-order valence-corrected chi connectivity index (χ2v) is 6.52. The van der Waals surface area contributed by atoms with Gasteiger partial charge in [-0.15, -0.1) is 0 Å². The number of likely N-dealkylation sites (tertiary alicyclic amines) is 1. The Morgan fingerprint density at radius 2 is 2.04 bits per heavy atom. The van der Waals surface area contributed by atoms with Gasteiger partial charge in [0.2, 0.25) is 0 Å². The highest BCUT2D eigenvalue weighted by Gasteiger charge is 2.26. The zero-order valence-electron chi connectivity index (χ0n) is 14.0. The first kappa shape index (κ1) is 17.5. The summed E-state index contributed by atoms with van der Waals surface area (Å²) in [5.74, 6) is -0.0812. The number of hydrogen-bond acceptors (Lipinski definition) is 3. The van der Waals surface area contributed by atoms with E-state index in [9.17, 15) is 9.18 Å². The lowest BCUT2D eigenvalue weighted by Crippen LogP contribution is -2.45. The fourth-order valence-electron chi connectivity index (χ4n) is 3.04. The maximum atomic E-state index is 14.0. The summed E-state index contributed by atoms with van der Waals surface area (Å²) in [6.45, 7) is 1.16. The van der Waals surface area contributed by atoms with E-state index in [4.69, 9.17) is 16.3 Å². The van der Waals surface area contributed by atoms with Crippen molar-refractivity contribution in [2.45, 2.75) is 18.9 Å². The summed E-state index contributed by atoms with van der Waals surface area (Å²) in [4.78, 5) is 14.3. The average molecular weight is 363 g/mol. The average Bonchev–Trinajstić information content (AvgIpc) is 2.62. The number of nitrogens with zero attached hydrogens (tertiary/aromatic N) is 1. The van der Waals surface area contributed by atoms with Crippen molar-refractivity contribution in [3.63, 3.8) is 0 Å². The molecule has 1 aliphatic heterocycles. The molecule has 1 aliphatic rings. The lowest BCUT2D eigenvalue weighted by atomic mass is 10.0. The molecule has 1 fully saturated rings. The number of amides is 1. The molecule has 25 heavy (non-hydrogen) atoms. The van der Waals surface area contributed by atoms with Crippen LogP contribution in [0.3, 0.4) is 0 Å². The Morgan fingerprint density at radius 3 is 2.72 bits per heavy atom. The number of piperidine rings is 1. The molecule has 6 heteroatoms. The Bertz CT molecular complexity index is 752. The summed E-state index contributed by atoms with van der Waals surface area (Å²) in [5.41, 5.74) is 1.03. The minimum atomic E-state index is -0.581. The first-order chi connectivity index (χ1) is 12.1. The summed E-state index contributed by atoms with van der Waals surface area (Å²) in [7, 11) is 1.63. The van der Waals surface area contributed by atoms with Crippen molar-refractivity contribution in [2.75, 3.05) is 25.5 Å². The van der Waals surface area contributed by atoms with E-state index in [2.05, 4.69) is 5.32 Å². The standard InChI is InChI=1S/C19H20ClFN2O2/c1-25-16-7-5-14(6-8-16)22-15-3-2-10-23(12-15)19(24)17-9-4-13(20)11-18(17)21/h4-9,11,15,22H,2-3,10,12H2,1H3/t15-/m1/s1. The molecular formula is C19H20ClFN2O2. The molecule has 0 radical (unpaired) electrons. The molecule has 132 valence electrons. The predicted molar refractivity (Wildman–Crippen MR) is 97.0 cm³/mol. The summed E-state index contributed by atoms with van der Waals surface area (Å²) >= 11 is 5.76. The zero-order chi connectivity index (χ0) is 17.8. The van der Waals surface area contributed by atoms with Gasteiger partial charge >= 0.3 is 0 Å². The SMILES string of the molecule is COc1ccc(N[C@@H]2CCCN(C(=O)c3ccc(Cl)cc3F)C2)cc1.